The summed E-state index contributed by atoms with van der Waals surface area (Å²) >= 11 is 0. The molecule has 1 unspecified atom stereocenters. The summed E-state index contributed by atoms with van der Waals surface area (Å²) in [5.41, 5.74) is 2.83. The van der Waals surface area contributed by atoms with Gasteiger partial charge < -0.3 is 9.67 Å². The van der Waals surface area contributed by atoms with E-state index in [1.54, 1.807) is 12.1 Å². The van der Waals surface area contributed by atoms with Crippen molar-refractivity contribution in [3.05, 3.63) is 65.7 Å². The van der Waals surface area contributed by atoms with Crippen LogP contribution >= 0.6 is 0 Å². The highest BCUT2D eigenvalue weighted by molar-refractivity contribution is 5.76. The summed E-state index contributed by atoms with van der Waals surface area (Å²) < 4.78 is 15.1. The maximum atomic E-state index is 13.1. The number of fused-ring (bicyclic) bond motifs is 1. The first-order chi connectivity index (χ1) is 10.7. The summed E-state index contributed by atoms with van der Waals surface area (Å²) in [6.45, 7) is 2.60. The molecule has 3 rings (SSSR count). The number of aliphatic hydroxyl groups excluding tert-OH is 1. The van der Waals surface area contributed by atoms with Crippen molar-refractivity contribution in [1.82, 2.24) is 9.55 Å². The molecule has 0 spiro atoms. The molecule has 0 bridgehead atoms. The molecule has 4 heteroatoms. The molecule has 1 atom stereocenters. The monoisotopic (exact) mass is 298 g/mol. The van der Waals surface area contributed by atoms with E-state index in [9.17, 15) is 9.50 Å². The lowest BCUT2D eigenvalue weighted by Crippen LogP contribution is -2.10. The number of para-hydroxylation sites is 2. The predicted octanol–water partition coefficient (Wildman–Crippen LogP) is 4.06. The van der Waals surface area contributed by atoms with Crippen LogP contribution in [-0.2, 0) is 6.54 Å². The first-order valence-electron chi connectivity index (χ1n) is 7.56. The first kappa shape index (κ1) is 14.7. The second-order valence-corrected chi connectivity index (χ2v) is 5.48. The van der Waals surface area contributed by atoms with Crippen LogP contribution in [0.2, 0.25) is 0 Å². The number of rotatable bonds is 5. The van der Waals surface area contributed by atoms with Crippen LogP contribution in [0.25, 0.3) is 11.0 Å². The molecule has 1 heterocycles. The zero-order valence-electron chi connectivity index (χ0n) is 12.5. The summed E-state index contributed by atoms with van der Waals surface area (Å²) in [5.74, 6) is 0.429. The van der Waals surface area contributed by atoms with Crippen molar-refractivity contribution in [3.63, 3.8) is 0 Å². The van der Waals surface area contributed by atoms with E-state index in [1.807, 2.05) is 35.8 Å². The SMILES string of the molecule is CCCC(O)c1nc2ccccc2n1Cc1ccc(F)cc1. The van der Waals surface area contributed by atoms with Crippen molar-refractivity contribution < 1.29 is 9.50 Å². The van der Waals surface area contributed by atoms with Gasteiger partial charge in [0, 0.05) is 6.54 Å². The lowest BCUT2D eigenvalue weighted by Gasteiger charge is -2.13. The van der Waals surface area contributed by atoms with Gasteiger partial charge in [-0.1, -0.05) is 37.6 Å². The van der Waals surface area contributed by atoms with Crippen molar-refractivity contribution in [1.29, 1.82) is 0 Å². The molecule has 114 valence electrons. The maximum absolute atomic E-state index is 13.1. The standard InChI is InChI=1S/C18H19FN2O/c1-2-5-17(22)18-20-15-6-3-4-7-16(15)21(18)12-13-8-10-14(19)11-9-13/h3-4,6-11,17,22H,2,5,12H2,1H3. The van der Waals surface area contributed by atoms with Gasteiger partial charge in [-0.2, -0.15) is 0 Å². The molecule has 0 amide bonds. The molecule has 1 N–H and O–H groups in total. The van der Waals surface area contributed by atoms with Crippen LogP contribution in [0, 0.1) is 5.82 Å². The van der Waals surface area contributed by atoms with Gasteiger partial charge in [-0.15, -0.1) is 0 Å². The van der Waals surface area contributed by atoms with Gasteiger partial charge in [0.15, 0.2) is 0 Å². The van der Waals surface area contributed by atoms with E-state index >= 15 is 0 Å². The Hall–Kier alpha value is -2.20. The van der Waals surface area contributed by atoms with E-state index in [-0.39, 0.29) is 5.82 Å². The van der Waals surface area contributed by atoms with Gasteiger partial charge in [0.25, 0.3) is 0 Å². The minimum absolute atomic E-state index is 0.245. The van der Waals surface area contributed by atoms with Crippen LogP contribution in [0.4, 0.5) is 4.39 Å². The van der Waals surface area contributed by atoms with Crippen LogP contribution < -0.4 is 0 Å². The quantitative estimate of drug-likeness (QED) is 0.771. The van der Waals surface area contributed by atoms with Gasteiger partial charge in [-0.05, 0) is 36.2 Å². The fourth-order valence-electron chi connectivity index (χ4n) is 2.69. The number of halogens is 1. The van der Waals surface area contributed by atoms with Gasteiger partial charge in [-0.3, -0.25) is 0 Å². The summed E-state index contributed by atoms with van der Waals surface area (Å²) in [5, 5.41) is 10.4. The van der Waals surface area contributed by atoms with E-state index in [1.165, 1.54) is 12.1 Å². The minimum Gasteiger partial charge on any atom is -0.385 e. The predicted molar refractivity (Wildman–Crippen MR) is 85.1 cm³/mol. The second-order valence-electron chi connectivity index (χ2n) is 5.48. The molecule has 0 fully saturated rings. The molecule has 0 saturated carbocycles. The van der Waals surface area contributed by atoms with Crippen LogP contribution in [0.5, 0.6) is 0 Å². The number of nitrogens with zero attached hydrogens (tertiary/aromatic N) is 2. The van der Waals surface area contributed by atoms with Crippen molar-refractivity contribution in [2.45, 2.75) is 32.4 Å². The number of hydrogen-bond acceptors (Lipinski definition) is 2. The third-order valence-corrected chi connectivity index (χ3v) is 3.80. The Balaban J connectivity index is 2.05. The fraction of sp³-hybridized carbons (Fsp3) is 0.278. The molecule has 0 aliphatic carbocycles. The number of imidazole rings is 1. The van der Waals surface area contributed by atoms with Crippen LogP contribution in [-0.4, -0.2) is 14.7 Å². The lowest BCUT2D eigenvalue weighted by molar-refractivity contribution is 0.153. The third-order valence-electron chi connectivity index (χ3n) is 3.80. The Kier molecular flexibility index (Phi) is 4.20. The van der Waals surface area contributed by atoms with Crippen LogP contribution in [0.15, 0.2) is 48.5 Å². The molecule has 0 radical (unpaired) electrons. The van der Waals surface area contributed by atoms with Crippen molar-refractivity contribution in [2.75, 3.05) is 0 Å². The molecular weight excluding hydrogens is 279 g/mol. The Bertz CT molecular complexity index is 764. The highest BCUT2D eigenvalue weighted by Crippen LogP contribution is 2.24. The van der Waals surface area contributed by atoms with Gasteiger partial charge >= 0.3 is 0 Å². The average Bonchev–Trinajstić information content (AvgIpc) is 2.89. The number of benzene rings is 2. The smallest absolute Gasteiger partial charge is 0.139 e. The van der Waals surface area contributed by atoms with Crippen molar-refractivity contribution in [3.8, 4) is 0 Å². The zero-order valence-corrected chi connectivity index (χ0v) is 12.5. The molecule has 0 aliphatic heterocycles. The van der Waals surface area contributed by atoms with Crippen LogP contribution in [0.1, 0.15) is 37.3 Å². The molecular formula is C18H19FN2O. The van der Waals surface area contributed by atoms with E-state index in [4.69, 9.17) is 0 Å². The Labute approximate surface area is 129 Å². The molecule has 2 aromatic carbocycles. The number of aliphatic hydroxyl groups is 1. The Morgan fingerprint density at radius 3 is 2.59 bits per heavy atom. The molecule has 1 aromatic heterocycles. The molecule has 0 aliphatic rings. The van der Waals surface area contributed by atoms with Gasteiger partial charge in [-0.25, -0.2) is 9.37 Å². The summed E-state index contributed by atoms with van der Waals surface area (Å²) in [7, 11) is 0. The highest BCUT2D eigenvalue weighted by atomic mass is 19.1. The van der Waals surface area contributed by atoms with Crippen molar-refractivity contribution in [2.24, 2.45) is 0 Å². The summed E-state index contributed by atoms with van der Waals surface area (Å²) in [6.07, 6.45) is 0.978. The largest absolute Gasteiger partial charge is 0.385 e. The lowest BCUT2D eigenvalue weighted by atomic mass is 10.2. The first-order valence-corrected chi connectivity index (χ1v) is 7.56. The Morgan fingerprint density at radius 1 is 1.14 bits per heavy atom. The van der Waals surface area contributed by atoms with E-state index in [2.05, 4.69) is 4.98 Å². The fourth-order valence-corrected chi connectivity index (χ4v) is 2.69. The zero-order chi connectivity index (χ0) is 15.5. The van der Waals surface area contributed by atoms with Gasteiger partial charge in [0.1, 0.15) is 17.7 Å². The van der Waals surface area contributed by atoms with Gasteiger partial charge in [0.05, 0.1) is 11.0 Å². The second kappa shape index (κ2) is 6.28. The molecule has 0 saturated heterocycles. The van der Waals surface area contributed by atoms with E-state index in [0.29, 0.717) is 18.8 Å². The van der Waals surface area contributed by atoms with Gasteiger partial charge in [0.2, 0.25) is 0 Å². The van der Waals surface area contributed by atoms with E-state index in [0.717, 1.165) is 23.0 Å². The molecule has 3 aromatic rings. The molecule has 3 nitrogen and oxygen atoms in total. The number of hydrogen-bond donors (Lipinski definition) is 1. The molecule has 22 heavy (non-hydrogen) atoms. The average molecular weight is 298 g/mol. The number of aromatic nitrogens is 2. The highest BCUT2D eigenvalue weighted by Gasteiger charge is 2.17. The third kappa shape index (κ3) is 2.88. The van der Waals surface area contributed by atoms with Crippen LogP contribution in [0.3, 0.4) is 0 Å². The maximum Gasteiger partial charge on any atom is 0.139 e. The summed E-state index contributed by atoms with van der Waals surface area (Å²) in [4.78, 5) is 4.58. The summed E-state index contributed by atoms with van der Waals surface area (Å²) in [6, 6.07) is 14.3. The Morgan fingerprint density at radius 2 is 1.86 bits per heavy atom. The topological polar surface area (TPSA) is 38.1 Å². The van der Waals surface area contributed by atoms with E-state index < -0.39 is 6.10 Å². The van der Waals surface area contributed by atoms with Crippen molar-refractivity contribution >= 4 is 11.0 Å². The normalized spacial score (nSPS) is 12.7. The minimum atomic E-state index is -0.585.